The molecule has 0 bridgehead atoms. The summed E-state index contributed by atoms with van der Waals surface area (Å²) in [6, 6.07) is 7.77. The van der Waals surface area contributed by atoms with Crippen molar-refractivity contribution < 1.29 is 9.53 Å². The van der Waals surface area contributed by atoms with Gasteiger partial charge in [-0.3, -0.25) is 9.48 Å². The zero-order valence-electron chi connectivity index (χ0n) is 12.7. The van der Waals surface area contributed by atoms with Crippen LogP contribution in [-0.4, -0.2) is 22.3 Å². The van der Waals surface area contributed by atoms with Crippen LogP contribution in [0.5, 0.6) is 5.75 Å². The molecule has 5 nitrogen and oxygen atoms in total. The van der Waals surface area contributed by atoms with Crippen molar-refractivity contribution in [2.24, 2.45) is 7.05 Å². The van der Waals surface area contributed by atoms with Gasteiger partial charge in [0.05, 0.1) is 5.69 Å². The fraction of sp³-hybridized carbons (Fsp3) is 0.375. The molecule has 0 atom stereocenters. The van der Waals surface area contributed by atoms with Gasteiger partial charge in [-0.1, -0.05) is 25.1 Å². The van der Waals surface area contributed by atoms with Crippen LogP contribution in [0.2, 0.25) is 0 Å². The Kier molecular flexibility index (Phi) is 4.98. The number of carbonyl (C=O) groups excluding carboxylic acids is 1. The van der Waals surface area contributed by atoms with Gasteiger partial charge in [-0.15, -0.1) is 0 Å². The van der Waals surface area contributed by atoms with E-state index in [0.29, 0.717) is 6.54 Å². The first-order valence-corrected chi connectivity index (χ1v) is 7.06. The van der Waals surface area contributed by atoms with Crippen molar-refractivity contribution in [2.75, 3.05) is 6.61 Å². The lowest BCUT2D eigenvalue weighted by molar-refractivity contribution is -0.123. The van der Waals surface area contributed by atoms with Crippen LogP contribution in [0.15, 0.2) is 30.5 Å². The fourth-order valence-electron chi connectivity index (χ4n) is 2.15. The summed E-state index contributed by atoms with van der Waals surface area (Å²) in [4.78, 5) is 11.8. The van der Waals surface area contributed by atoms with E-state index >= 15 is 0 Å². The predicted molar refractivity (Wildman–Crippen MR) is 81.1 cm³/mol. The average molecular weight is 287 g/mol. The molecule has 112 valence electrons. The van der Waals surface area contributed by atoms with Gasteiger partial charge in [0.25, 0.3) is 5.91 Å². The van der Waals surface area contributed by atoms with Crippen molar-refractivity contribution in [2.45, 2.75) is 26.8 Å². The van der Waals surface area contributed by atoms with E-state index in [-0.39, 0.29) is 12.5 Å². The number of rotatable bonds is 6. The normalized spacial score (nSPS) is 10.4. The highest BCUT2D eigenvalue weighted by Gasteiger charge is 2.08. The summed E-state index contributed by atoms with van der Waals surface area (Å²) >= 11 is 0. The van der Waals surface area contributed by atoms with Gasteiger partial charge in [0.15, 0.2) is 6.61 Å². The summed E-state index contributed by atoms with van der Waals surface area (Å²) in [5.74, 6) is 0.636. The van der Waals surface area contributed by atoms with E-state index in [1.54, 1.807) is 4.68 Å². The number of nitrogens with one attached hydrogen (secondary N) is 1. The molecule has 1 amide bonds. The monoisotopic (exact) mass is 287 g/mol. The Morgan fingerprint density at radius 1 is 1.33 bits per heavy atom. The van der Waals surface area contributed by atoms with Crippen molar-refractivity contribution in [3.05, 3.63) is 47.3 Å². The van der Waals surface area contributed by atoms with Gasteiger partial charge in [-0.2, -0.15) is 5.10 Å². The van der Waals surface area contributed by atoms with E-state index in [0.717, 1.165) is 29.0 Å². The average Bonchev–Trinajstić information content (AvgIpc) is 2.81. The summed E-state index contributed by atoms with van der Waals surface area (Å²) in [7, 11) is 1.86. The minimum absolute atomic E-state index is 0.0241. The maximum absolute atomic E-state index is 11.8. The Labute approximate surface area is 124 Å². The SMILES string of the molecule is CCc1ccccc1OCC(=O)NCc1cn(C)nc1C. The number of amides is 1. The molecule has 5 heteroatoms. The Bertz CT molecular complexity index is 620. The van der Waals surface area contributed by atoms with Gasteiger partial charge >= 0.3 is 0 Å². The second-order valence-corrected chi connectivity index (χ2v) is 4.94. The summed E-state index contributed by atoms with van der Waals surface area (Å²) in [6.45, 7) is 4.48. The third kappa shape index (κ3) is 4.08. The van der Waals surface area contributed by atoms with Gasteiger partial charge < -0.3 is 10.1 Å². The van der Waals surface area contributed by atoms with Gasteiger partial charge in [0.1, 0.15) is 5.75 Å². The Hall–Kier alpha value is -2.30. The number of aromatic nitrogens is 2. The highest BCUT2D eigenvalue weighted by molar-refractivity contribution is 5.77. The quantitative estimate of drug-likeness (QED) is 0.884. The fourth-order valence-corrected chi connectivity index (χ4v) is 2.15. The van der Waals surface area contributed by atoms with E-state index in [1.165, 1.54) is 0 Å². The third-order valence-corrected chi connectivity index (χ3v) is 3.30. The molecule has 0 spiro atoms. The Morgan fingerprint density at radius 3 is 2.76 bits per heavy atom. The summed E-state index contributed by atoms with van der Waals surface area (Å²) in [5.41, 5.74) is 3.04. The van der Waals surface area contributed by atoms with E-state index in [4.69, 9.17) is 4.74 Å². The topological polar surface area (TPSA) is 56.1 Å². The van der Waals surface area contributed by atoms with Crippen LogP contribution in [-0.2, 0) is 24.8 Å². The van der Waals surface area contributed by atoms with E-state index in [9.17, 15) is 4.79 Å². The van der Waals surface area contributed by atoms with Crippen molar-refractivity contribution >= 4 is 5.91 Å². The lowest BCUT2D eigenvalue weighted by Crippen LogP contribution is -2.28. The number of hydrogen-bond acceptors (Lipinski definition) is 3. The van der Waals surface area contributed by atoms with Crippen molar-refractivity contribution in [1.82, 2.24) is 15.1 Å². The molecule has 21 heavy (non-hydrogen) atoms. The van der Waals surface area contributed by atoms with Crippen LogP contribution < -0.4 is 10.1 Å². The second kappa shape index (κ2) is 6.92. The molecule has 0 radical (unpaired) electrons. The van der Waals surface area contributed by atoms with E-state index in [2.05, 4.69) is 17.3 Å². The minimum atomic E-state index is -0.135. The van der Waals surface area contributed by atoms with Crippen LogP contribution >= 0.6 is 0 Å². The smallest absolute Gasteiger partial charge is 0.258 e. The first-order chi connectivity index (χ1) is 10.1. The molecule has 0 unspecified atom stereocenters. The first-order valence-electron chi connectivity index (χ1n) is 7.06. The zero-order valence-corrected chi connectivity index (χ0v) is 12.7. The molecule has 0 aliphatic carbocycles. The maximum atomic E-state index is 11.8. The molecule has 0 saturated carbocycles. The highest BCUT2D eigenvalue weighted by atomic mass is 16.5. The Balaban J connectivity index is 1.84. The lowest BCUT2D eigenvalue weighted by Gasteiger charge is -2.10. The largest absolute Gasteiger partial charge is 0.483 e. The van der Waals surface area contributed by atoms with Crippen LogP contribution in [0, 0.1) is 6.92 Å². The van der Waals surface area contributed by atoms with Crippen LogP contribution in [0.1, 0.15) is 23.7 Å². The van der Waals surface area contributed by atoms with E-state index in [1.807, 2.05) is 44.4 Å². The third-order valence-electron chi connectivity index (χ3n) is 3.30. The number of para-hydroxylation sites is 1. The van der Waals surface area contributed by atoms with Crippen LogP contribution in [0.25, 0.3) is 0 Å². The number of carbonyl (C=O) groups is 1. The molecule has 2 rings (SSSR count). The standard InChI is InChI=1S/C16H21N3O2/c1-4-13-7-5-6-8-15(13)21-11-16(20)17-9-14-10-19(3)18-12(14)2/h5-8,10H,4,9,11H2,1-3H3,(H,17,20). The number of ether oxygens (including phenoxy) is 1. The molecule has 2 aromatic rings. The maximum Gasteiger partial charge on any atom is 0.258 e. The highest BCUT2D eigenvalue weighted by Crippen LogP contribution is 2.17. The molecule has 0 fully saturated rings. The van der Waals surface area contributed by atoms with Gasteiger partial charge in [0.2, 0.25) is 0 Å². The molecule has 1 aromatic carbocycles. The molecule has 1 aromatic heterocycles. The molecule has 1 heterocycles. The van der Waals surface area contributed by atoms with Crippen molar-refractivity contribution in [1.29, 1.82) is 0 Å². The molecular formula is C16H21N3O2. The summed E-state index contributed by atoms with van der Waals surface area (Å²) in [5, 5.41) is 7.08. The number of benzene rings is 1. The summed E-state index contributed by atoms with van der Waals surface area (Å²) < 4.78 is 7.32. The van der Waals surface area contributed by atoms with Crippen molar-refractivity contribution in [3.8, 4) is 5.75 Å². The molecular weight excluding hydrogens is 266 g/mol. The van der Waals surface area contributed by atoms with Crippen LogP contribution in [0.3, 0.4) is 0 Å². The van der Waals surface area contributed by atoms with Crippen molar-refractivity contribution in [3.63, 3.8) is 0 Å². The number of hydrogen-bond donors (Lipinski definition) is 1. The lowest BCUT2D eigenvalue weighted by atomic mass is 10.1. The predicted octanol–water partition coefficient (Wildman–Crippen LogP) is 1.99. The van der Waals surface area contributed by atoms with Gasteiger partial charge in [0, 0.05) is 25.4 Å². The molecule has 0 aliphatic heterocycles. The molecule has 0 aliphatic rings. The van der Waals surface area contributed by atoms with Gasteiger partial charge in [-0.25, -0.2) is 0 Å². The molecule has 1 N–H and O–H groups in total. The zero-order chi connectivity index (χ0) is 15.2. The number of nitrogens with zero attached hydrogens (tertiary/aromatic N) is 2. The van der Waals surface area contributed by atoms with E-state index < -0.39 is 0 Å². The minimum Gasteiger partial charge on any atom is -0.483 e. The first kappa shape index (κ1) is 15.1. The molecule has 0 saturated heterocycles. The van der Waals surface area contributed by atoms with Crippen LogP contribution in [0.4, 0.5) is 0 Å². The van der Waals surface area contributed by atoms with Gasteiger partial charge in [-0.05, 0) is 25.0 Å². The second-order valence-electron chi connectivity index (χ2n) is 4.94. The summed E-state index contributed by atoms with van der Waals surface area (Å²) in [6.07, 6.45) is 2.79. The number of aryl methyl sites for hydroxylation is 3. The Morgan fingerprint density at radius 2 is 2.10 bits per heavy atom.